The standard InChI is InChI=1S/C15H12F2N4O3/c1-21-10-5-4-8(7-9(10)19-15(21)23)13(22)20-12-11(24-14(16)17)3-2-6-18-12/h2-7,14H,1H3,(H,19,23)(H,18,20,22). The van der Waals surface area contributed by atoms with Gasteiger partial charge in [0, 0.05) is 18.8 Å². The fourth-order valence-electron chi connectivity index (χ4n) is 2.23. The molecule has 1 amide bonds. The smallest absolute Gasteiger partial charge is 0.387 e. The maximum atomic E-state index is 12.4. The molecule has 2 N–H and O–H groups in total. The average molecular weight is 334 g/mol. The number of carbonyl (C=O) groups is 1. The molecule has 24 heavy (non-hydrogen) atoms. The highest BCUT2D eigenvalue weighted by Crippen LogP contribution is 2.23. The van der Waals surface area contributed by atoms with Gasteiger partial charge in [-0.15, -0.1) is 0 Å². The maximum Gasteiger partial charge on any atom is 0.387 e. The van der Waals surface area contributed by atoms with E-state index >= 15 is 0 Å². The third-order valence-electron chi connectivity index (χ3n) is 3.39. The highest BCUT2D eigenvalue weighted by Gasteiger charge is 2.15. The number of halogens is 2. The zero-order valence-corrected chi connectivity index (χ0v) is 12.4. The summed E-state index contributed by atoms with van der Waals surface area (Å²) in [7, 11) is 1.60. The summed E-state index contributed by atoms with van der Waals surface area (Å²) in [6, 6.07) is 7.29. The summed E-state index contributed by atoms with van der Waals surface area (Å²) in [5.41, 5.74) is 1.05. The van der Waals surface area contributed by atoms with E-state index in [1.54, 1.807) is 13.1 Å². The number of amides is 1. The first-order chi connectivity index (χ1) is 11.5. The number of anilines is 1. The van der Waals surface area contributed by atoms with E-state index in [4.69, 9.17) is 0 Å². The maximum absolute atomic E-state index is 12.4. The first-order valence-corrected chi connectivity index (χ1v) is 6.85. The lowest BCUT2D eigenvalue weighted by molar-refractivity contribution is -0.0495. The van der Waals surface area contributed by atoms with Crippen LogP contribution < -0.4 is 15.7 Å². The van der Waals surface area contributed by atoms with Crippen LogP contribution in [0.25, 0.3) is 11.0 Å². The summed E-state index contributed by atoms with van der Waals surface area (Å²) in [5, 5.41) is 2.41. The van der Waals surface area contributed by atoms with Crippen LogP contribution in [0.1, 0.15) is 10.4 Å². The summed E-state index contributed by atoms with van der Waals surface area (Å²) >= 11 is 0. The number of alkyl halides is 2. The lowest BCUT2D eigenvalue weighted by Crippen LogP contribution is -2.15. The Morgan fingerprint density at radius 1 is 1.38 bits per heavy atom. The second kappa shape index (κ2) is 6.11. The van der Waals surface area contributed by atoms with E-state index in [2.05, 4.69) is 20.0 Å². The molecule has 0 aliphatic heterocycles. The van der Waals surface area contributed by atoms with Crippen molar-refractivity contribution in [1.82, 2.24) is 14.5 Å². The van der Waals surface area contributed by atoms with Crippen LogP contribution in [-0.4, -0.2) is 27.1 Å². The van der Waals surface area contributed by atoms with Gasteiger partial charge < -0.3 is 15.0 Å². The number of rotatable bonds is 4. The van der Waals surface area contributed by atoms with Gasteiger partial charge in [-0.1, -0.05) is 0 Å². The van der Waals surface area contributed by atoms with Crippen LogP contribution in [0.5, 0.6) is 5.75 Å². The molecule has 0 aliphatic carbocycles. The number of H-pyrrole nitrogens is 1. The van der Waals surface area contributed by atoms with Crippen LogP contribution in [-0.2, 0) is 7.05 Å². The predicted octanol–water partition coefficient (Wildman–Crippen LogP) is 2.12. The number of hydrogen-bond acceptors (Lipinski definition) is 4. The first-order valence-electron chi connectivity index (χ1n) is 6.85. The Kier molecular flexibility index (Phi) is 3.98. The molecule has 3 rings (SSSR count). The SMILES string of the molecule is Cn1c(=O)[nH]c2cc(C(=O)Nc3ncccc3OC(F)F)ccc21. The Balaban J connectivity index is 1.89. The van der Waals surface area contributed by atoms with Gasteiger partial charge in [0.2, 0.25) is 0 Å². The molecule has 1 aromatic carbocycles. The summed E-state index contributed by atoms with van der Waals surface area (Å²) < 4.78 is 30.5. The Bertz CT molecular complexity index is 965. The lowest BCUT2D eigenvalue weighted by Gasteiger charge is -2.10. The second-order valence-corrected chi connectivity index (χ2v) is 4.90. The van der Waals surface area contributed by atoms with E-state index in [0.717, 1.165) is 0 Å². The lowest BCUT2D eigenvalue weighted by atomic mass is 10.2. The number of pyridine rings is 1. The topological polar surface area (TPSA) is 89.0 Å². The summed E-state index contributed by atoms with van der Waals surface area (Å²) in [6.45, 7) is -3.03. The van der Waals surface area contributed by atoms with Gasteiger partial charge >= 0.3 is 12.3 Å². The molecule has 7 nitrogen and oxygen atoms in total. The minimum absolute atomic E-state index is 0.121. The quantitative estimate of drug-likeness (QED) is 0.765. The van der Waals surface area contributed by atoms with E-state index < -0.39 is 12.5 Å². The third-order valence-corrected chi connectivity index (χ3v) is 3.39. The van der Waals surface area contributed by atoms with Crippen LogP contribution >= 0.6 is 0 Å². The Morgan fingerprint density at radius 2 is 2.17 bits per heavy atom. The molecule has 0 saturated carbocycles. The van der Waals surface area contributed by atoms with E-state index in [1.165, 1.54) is 35.0 Å². The molecule has 0 fully saturated rings. The van der Waals surface area contributed by atoms with Gasteiger partial charge in [-0.05, 0) is 30.3 Å². The molecule has 0 unspecified atom stereocenters. The van der Waals surface area contributed by atoms with Crippen molar-refractivity contribution in [2.24, 2.45) is 7.05 Å². The van der Waals surface area contributed by atoms with Gasteiger partial charge in [0.25, 0.3) is 5.91 Å². The Labute approximate surface area is 133 Å². The van der Waals surface area contributed by atoms with Crippen molar-refractivity contribution < 1.29 is 18.3 Å². The van der Waals surface area contributed by atoms with Crippen molar-refractivity contribution >= 4 is 22.8 Å². The molecule has 3 aromatic rings. The zero-order chi connectivity index (χ0) is 17.3. The van der Waals surface area contributed by atoms with Gasteiger partial charge in [-0.25, -0.2) is 9.78 Å². The van der Waals surface area contributed by atoms with Crippen molar-refractivity contribution in [2.45, 2.75) is 6.61 Å². The van der Waals surface area contributed by atoms with E-state index in [1.807, 2.05) is 0 Å². The molecule has 2 aromatic heterocycles. The van der Waals surface area contributed by atoms with Gasteiger partial charge in [0.1, 0.15) is 0 Å². The average Bonchev–Trinajstić information content (AvgIpc) is 2.83. The molecule has 2 heterocycles. The highest BCUT2D eigenvalue weighted by molar-refractivity contribution is 6.06. The number of imidazole rings is 1. The molecule has 9 heteroatoms. The zero-order valence-electron chi connectivity index (χ0n) is 12.4. The Morgan fingerprint density at radius 3 is 2.92 bits per heavy atom. The number of nitrogens with one attached hydrogen (secondary N) is 2. The second-order valence-electron chi connectivity index (χ2n) is 4.90. The molecular weight excluding hydrogens is 322 g/mol. The molecule has 0 saturated heterocycles. The first kappa shape index (κ1) is 15.7. The minimum Gasteiger partial charge on any atom is -0.431 e. The molecule has 0 bridgehead atoms. The largest absolute Gasteiger partial charge is 0.431 e. The number of hydrogen-bond donors (Lipinski definition) is 2. The molecule has 124 valence electrons. The van der Waals surface area contributed by atoms with Gasteiger partial charge in [0.15, 0.2) is 11.6 Å². The molecule has 0 spiro atoms. The number of benzene rings is 1. The van der Waals surface area contributed by atoms with Crippen molar-refractivity contribution in [1.29, 1.82) is 0 Å². The third kappa shape index (κ3) is 2.96. The van der Waals surface area contributed by atoms with Crippen molar-refractivity contribution in [3.05, 3.63) is 52.6 Å². The fraction of sp³-hybridized carbons (Fsp3) is 0.133. The molecule has 0 aliphatic rings. The van der Waals surface area contributed by atoms with Gasteiger partial charge in [-0.2, -0.15) is 8.78 Å². The number of aryl methyl sites for hydroxylation is 1. The molecular formula is C15H12F2N4O3. The van der Waals surface area contributed by atoms with Crippen molar-refractivity contribution in [3.63, 3.8) is 0 Å². The van der Waals surface area contributed by atoms with Gasteiger partial charge in [0.05, 0.1) is 11.0 Å². The van der Waals surface area contributed by atoms with Crippen LogP contribution in [0.15, 0.2) is 41.3 Å². The normalized spacial score (nSPS) is 11.0. The van der Waals surface area contributed by atoms with E-state index in [-0.39, 0.29) is 22.8 Å². The van der Waals surface area contributed by atoms with Gasteiger partial charge in [-0.3, -0.25) is 9.36 Å². The highest BCUT2D eigenvalue weighted by atomic mass is 19.3. The Hall–Kier alpha value is -3.23. The van der Waals surface area contributed by atoms with Crippen molar-refractivity contribution in [3.8, 4) is 5.75 Å². The molecule has 0 radical (unpaired) electrons. The number of nitrogens with zero attached hydrogens (tertiary/aromatic N) is 2. The number of aromatic amines is 1. The summed E-state index contributed by atoms with van der Waals surface area (Å²) in [5.74, 6) is -0.932. The van der Waals surface area contributed by atoms with E-state index in [0.29, 0.717) is 11.0 Å². The van der Waals surface area contributed by atoms with Crippen LogP contribution in [0.3, 0.4) is 0 Å². The summed E-state index contributed by atoms with van der Waals surface area (Å²) in [6.07, 6.45) is 1.34. The van der Waals surface area contributed by atoms with Crippen LogP contribution in [0.2, 0.25) is 0 Å². The monoisotopic (exact) mass is 334 g/mol. The molecule has 0 atom stereocenters. The fourth-order valence-corrected chi connectivity index (χ4v) is 2.23. The number of ether oxygens (including phenoxy) is 1. The predicted molar refractivity (Wildman–Crippen MR) is 82.4 cm³/mol. The van der Waals surface area contributed by atoms with Crippen molar-refractivity contribution in [2.75, 3.05) is 5.32 Å². The number of carbonyl (C=O) groups excluding carboxylic acids is 1. The number of fused-ring (bicyclic) bond motifs is 1. The van der Waals surface area contributed by atoms with Crippen LogP contribution in [0.4, 0.5) is 14.6 Å². The number of aromatic nitrogens is 3. The van der Waals surface area contributed by atoms with Crippen LogP contribution in [0, 0.1) is 0 Å². The van der Waals surface area contributed by atoms with E-state index in [9.17, 15) is 18.4 Å². The summed E-state index contributed by atoms with van der Waals surface area (Å²) in [4.78, 5) is 30.3. The minimum atomic E-state index is -3.03.